The van der Waals surface area contributed by atoms with Crippen molar-refractivity contribution in [2.45, 2.75) is 399 Å². The molecule has 136 heavy (non-hydrogen) atoms. The molecule has 0 spiro atoms. The lowest BCUT2D eigenvalue weighted by Crippen LogP contribution is -2.35. The summed E-state index contributed by atoms with van der Waals surface area (Å²) in [5, 5.41) is 0. The van der Waals surface area contributed by atoms with E-state index in [0.717, 1.165) is 225 Å². The van der Waals surface area contributed by atoms with Crippen molar-refractivity contribution >= 4 is 0 Å². The van der Waals surface area contributed by atoms with Crippen LogP contribution in [-0.2, 0) is 0 Å². The standard InChI is InChI=1S/3C34H54.2C17H26/c1-21(2)11-25-15-26(12-22(3)4)30-18-33(9,17-29(25)30)34(10)19-31-27(13-23(5)6)16-28(14-24(7)8)32(31)20-34;1-20(2)11-25-17-28(14-23(7)8)32-29(25)15-24(9)33(32)34(10)18-30-26(12-21(3)4)16-27(13-22(5)6)31(30)19-34;1-19(2)11-25-17-27(13-21(5)6)33-29(25)15-23(9)31(33)32-24(10)16-30-26(12-20(3)4)18-28(34(30)32)14-22(7)8;1-11(2)6-14-10-15(7-12(3)4)17-9-13(5)8-16(14)17;1-11(2)8-14-10-15(9-12(3)4)17-13(5)6-7-16(14)17/h11-14,25-32H,15-20H2,1-10H3;11-14,24-33H,15-19H2,1-10H3;11-14,23-34H,15-18H2,1-10H3;6-8,14-17H,9-10H2,1-5H3;6,8-9,14-17H,7,10H2,1-5H3/t;;23?,24?,25?,26?,27?,28?,29?,30?,31-,32?,33?,34?;;/m..0../s1. The Balaban J connectivity index is 0.000000157. The quantitative estimate of drug-likeness (QED) is 0.113. The van der Waals surface area contributed by atoms with Gasteiger partial charge in [0, 0.05) is 0 Å². The predicted octanol–water partition coefficient (Wildman–Crippen LogP) is 40.4. The van der Waals surface area contributed by atoms with Crippen molar-refractivity contribution < 1.29 is 0 Å². The van der Waals surface area contributed by atoms with Gasteiger partial charge >= 0.3 is 0 Å². The van der Waals surface area contributed by atoms with Gasteiger partial charge in [0.15, 0.2) is 0 Å². The van der Waals surface area contributed by atoms with Crippen LogP contribution in [0, 0.1) is 241 Å². The van der Waals surface area contributed by atoms with Crippen LogP contribution in [0.1, 0.15) is 399 Å². The third-order valence-corrected chi connectivity index (χ3v) is 40.0. The molecule has 758 valence electrons. The average Bonchev–Trinajstić information content (AvgIpc) is 1.55. The summed E-state index contributed by atoms with van der Waals surface area (Å²) in [7, 11) is 0. The van der Waals surface area contributed by atoms with Crippen LogP contribution >= 0.6 is 0 Å². The Morgan fingerprint density at radius 3 is 0.757 bits per heavy atom. The minimum absolute atomic E-state index is 0.486. The van der Waals surface area contributed by atoms with Crippen LogP contribution in [0.4, 0.5) is 0 Å². The average molecular weight is 1850 g/mol. The van der Waals surface area contributed by atoms with Gasteiger partial charge < -0.3 is 0 Å². The van der Waals surface area contributed by atoms with Crippen molar-refractivity contribution in [3.8, 4) is 0 Å². The maximum absolute atomic E-state index is 2.74. The van der Waals surface area contributed by atoms with Gasteiger partial charge in [-0.2, -0.15) is 0 Å². The Hall–Kier alpha value is -4.68. The molecule has 0 radical (unpaired) electrons. The fourth-order valence-corrected chi connectivity index (χ4v) is 37.2. The van der Waals surface area contributed by atoms with Gasteiger partial charge in [-0.25, -0.2) is 0 Å². The zero-order chi connectivity index (χ0) is 100.0. The number of allylic oxidation sites excluding steroid dienone is 36. The highest BCUT2D eigenvalue weighted by molar-refractivity contribution is 5.30. The topological polar surface area (TPSA) is 0 Å². The number of hydrogen-bond donors (Lipinski definition) is 0. The van der Waals surface area contributed by atoms with Crippen LogP contribution < -0.4 is 0 Å². The molecule has 0 nitrogen and oxygen atoms in total. The van der Waals surface area contributed by atoms with Crippen LogP contribution in [-0.4, -0.2) is 0 Å². The minimum Gasteiger partial charge on any atom is -0.0850 e. The minimum atomic E-state index is 0.486. The van der Waals surface area contributed by atoms with Gasteiger partial charge in [0.2, 0.25) is 0 Å². The molecule has 0 bridgehead atoms. The van der Waals surface area contributed by atoms with Crippen molar-refractivity contribution in [3.05, 3.63) is 210 Å². The summed E-state index contributed by atoms with van der Waals surface area (Å²) in [6.07, 6.45) is 73.7. The summed E-state index contributed by atoms with van der Waals surface area (Å²) >= 11 is 0. The molecule has 0 aromatic heterocycles. The third-order valence-electron chi connectivity index (χ3n) is 40.0. The fourth-order valence-electron chi connectivity index (χ4n) is 37.2. The van der Waals surface area contributed by atoms with E-state index in [0.29, 0.717) is 16.2 Å². The second-order valence-electron chi connectivity index (χ2n) is 56.3. The molecule has 14 fully saturated rings. The Morgan fingerprint density at radius 2 is 0.449 bits per heavy atom. The Morgan fingerprint density at radius 1 is 0.228 bits per heavy atom. The van der Waals surface area contributed by atoms with Gasteiger partial charge in [0.1, 0.15) is 0 Å². The molecule has 0 heterocycles. The lowest BCUT2D eigenvalue weighted by molar-refractivity contribution is 0.0558. The van der Waals surface area contributed by atoms with Crippen LogP contribution in [0.25, 0.3) is 0 Å². The summed E-state index contributed by atoms with van der Waals surface area (Å²) in [6, 6.07) is 0. The summed E-state index contributed by atoms with van der Waals surface area (Å²) in [6.45, 7) is 94.2. The predicted molar refractivity (Wildman–Crippen MR) is 600 cm³/mol. The second-order valence-corrected chi connectivity index (χ2v) is 56.3. The number of fused-ring (bicyclic) bond motifs is 8. The van der Waals surface area contributed by atoms with E-state index in [1.165, 1.54) is 211 Å². The summed E-state index contributed by atoms with van der Waals surface area (Å²) in [5.41, 5.74) is 28.9. The van der Waals surface area contributed by atoms with Gasteiger partial charge in [0.05, 0.1) is 0 Å². The molecule has 16 aliphatic rings. The fraction of sp³-hybridized carbons (Fsp3) is 0.735. The van der Waals surface area contributed by atoms with E-state index in [1.807, 2.05) is 0 Å². The SMILES string of the molecule is CC(C)=CC1CC(C=C(C)C)C2C(C)=CCC12.CC(C)=CC1CC(C=C(C)C)C2C1CC(C)C2[C@@H]1C(C)CC2C(C=C(C)C)CC(C=C(C)C)C21.CC(C)=CC1CC(C=C(C)C)C2CC(C)(C3(C)CC4C(C=C(C)C)CC(C=C(C)C)C4C3)CC12.CC(C)=CC1CC(C=C(C)C)C2CC(C)(C3C(C)CC4C(C=C(C)C)CC(C=C(C)C)C43)CC12.CC(C)=CC1CC(C=C(C)C)C2CC(C)=CC12. The van der Waals surface area contributed by atoms with E-state index in [2.05, 4.69) is 386 Å². The highest BCUT2D eigenvalue weighted by Gasteiger charge is 2.66. The number of rotatable bonds is 19. The normalized spacial score (nSPS) is 42.5. The first-order valence-electron chi connectivity index (χ1n) is 57.4. The highest BCUT2D eigenvalue weighted by Crippen LogP contribution is 2.74. The monoisotopic (exact) mass is 1850 g/mol. The highest BCUT2D eigenvalue weighted by atomic mass is 14.7. The van der Waals surface area contributed by atoms with Crippen LogP contribution in [0.2, 0.25) is 0 Å². The molecule has 16 aliphatic carbocycles. The smallest absolute Gasteiger partial charge is 0.0106 e. The molecule has 14 saturated carbocycles. The molecule has 0 N–H and O–H groups in total. The molecule has 0 aromatic carbocycles. The second kappa shape index (κ2) is 45.7. The molecule has 16 rings (SSSR count). The van der Waals surface area contributed by atoms with E-state index in [9.17, 15) is 0 Å². The van der Waals surface area contributed by atoms with Crippen LogP contribution in [0.3, 0.4) is 0 Å². The van der Waals surface area contributed by atoms with Crippen molar-refractivity contribution in [1.29, 1.82) is 0 Å². The van der Waals surface area contributed by atoms with E-state index in [4.69, 9.17) is 0 Å². The van der Waals surface area contributed by atoms with Crippen molar-refractivity contribution in [1.82, 2.24) is 0 Å². The lowest BCUT2D eigenvalue weighted by atomic mass is 9.60. The van der Waals surface area contributed by atoms with E-state index < -0.39 is 0 Å². The van der Waals surface area contributed by atoms with Crippen LogP contribution in [0.15, 0.2) is 210 Å². The maximum atomic E-state index is 2.74. The van der Waals surface area contributed by atoms with Gasteiger partial charge in [-0.1, -0.05) is 251 Å². The van der Waals surface area contributed by atoms with Gasteiger partial charge in [0.25, 0.3) is 0 Å². The Bertz CT molecular complexity index is 4330. The largest absolute Gasteiger partial charge is 0.0850 e. The first-order valence-corrected chi connectivity index (χ1v) is 57.4. The Labute approximate surface area is 844 Å². The molecule has 0 aromatic rings. The first kappa shape index (κ1) is 110. The Kier molecular flexibility index (Phi) is 37.0. The van der Waals surface area contributed by atoms with E-state index >= 15 is 0 Å². The van der Waals surface area contributed by atoms with Crippen molar-refractivity contribution in [3.63, 3.8) is 0 Å². The zero-order valence-corrected chi connectivity index (χ0v) is 96.3. The molecule has 0 aliphatic heterocycles. The lowest BCUT2D eigenvalue weighted by Gasteiger charge is -2.44. The van der Waals surface area contributed by atoms with E-state index in [-0.39, 0.29) is 0 Å². The van der Waals surface area contributed by atoms with Gasteiger partial charge in [-0.3, -0.25) is 0 Å². The molecule has 0 saturated heterocycles. The molecule has 37 unspecified atom stereocenters. The van der Waals surface area contributed by atoms with Crippen molar-refractivity contribution in [2.24, 2.45) is 241 Å². The van der Waals surface area contributed by atoms with E-state index in [1.54, 1.807) is 11.1 Å². The summed E-state index contributed by atoms with van der Waals surface area (Å²) in [5.74, 6) is 32.1. The van der Waals surface area contributed by atoms with Crippen molar-refractivity contribution in [2.75, 3.05) is 0 Å². The maximum Gasteiger partial charge on any atom is -0.0106 e. The van der Waals surface area contributed by atoms with Gasteiger partial charge in [-0.05, 0) is 599 Å². The molecule has 0 amide bonds. The third kappa shape index (κ3) is 25.4. The summed E-state index contributed by atoms with van der Waals surface area (Å²) in [4.78, 5) is 0. The first-order chi connectivity index (χ1) is 63.6. The van der Waals surface area contributed by atoms with Crippen LogP contribution in [0.5, 0.6) is 0 Å². The molecular formula is C136H214. The molecule has 38 atom stereocenters. The number of hydrogen-bond acceptors (Lipinski definition) is 0. The van der Waals surface area contributed by atoms with Gasteiger partial charge in [-0.15, -0.1) is 0 Å². The molecule has 0 heteroatoms. The molecular weight excluding hydrogens is 1630 g/mol. The summed E-state index contributed by atoms with van der Waals surface area (Å²) < 4.78 is 0. The zero-order valence-electron chi connectivity index (χ0n) is 96.3.